The van der Waals surface area contributed by atoms with Crippen LogP contribution < -0.4 is 15.5 Å². The van der Waals surface area contributed by atoms with E-state index in [1.807, 2.05) is 60.7 Å². The number of aromatic nitrogens is 2. The standard InChI is InChI=1S/C22H25N5O/c1-4-27(5-2)22-25-20(17-10-7-6-8-11-17)15-21(26-22)24-19-13-9-12-18(14-19)23-16(3)28/h6-15H,4-5H2,1-3H3,(H,23,28)(H,24,25,26). The van der Waals surface area contributed by atoms with Gasteiger partial charge in [0.1, 0.15) is 5.82 Å². The smallest absolute Gasteiger partial charge is 0.227 e. The van der Waals surface area contributed by atoms with Gasteiger partial charge in [0.05, 0.1) is 5.69 Å². The van der Waals surface area contributed by atoms with Gasteiger partial charge in [-0.3, -0.25) is 4.79 Å². The Morgan fingerprint density at radius 2 is 1.64 bits per heavy atom. The average molecular weight is 375 g/mol. The van der Waals surface area contributed by atoms with Crippen LogP contribution in [0.15, 0.2) is 60.7 Å². The summed E-state index contributed by atoms with van der Waals surface area (Å²) in [6, 6.07) is 19.6. The molecule has 0 bridgehead atoms. The average Bonchev–Trinajstić information content (AvgIpc) is 2.69. The molecule has 1 heterocycles. The Morgan fingerprint density at radius 3 is 2.32 bits per heavy atom. The lowest BCUT2D eigenvalue weighted by molar-refractivity contribution is -0.114. The summed E-state index contributed by atoms with van der Waals surface area (Å²) >= 11 is 0. The van der Waals surface area contributed by atoms with Gasteiger partial charge in [-0.25, -0.2) is 4.98 Å². The molecule has 0 unspecified atom stereocenters. The molecular formula is C22H25N5O. The molecule has 6 nitrogen and oxygen atoms in total. The maximum atomic E-state index is 11.3. The minimum absolute atomic E-state index is 0.102. The van der Waals surface area contributed by atoms with Crippen LogP contribution in [-0.4, -0.2) is 29.0 Å². The summed E-state index contributed by atoms with van der Waals surface area (Å²) in [4.78, 5) is 22.9. The second-order valence-corrected chi connectivity index (χ2v) is 6.36. The quantitative estimate of drug-likeness (QED) is 0.627. The lowest BCUT2D eigenvalue weighted by Crippen LogP contribution is -2.24. The predicted octanol–water partition coefficient (Wildman–Crippen LogP) is 4.69. The van der Waals surface area contributed by atoms with Gasteiger partial charge in [0.25, 0.3) is 0 Å². The largest absolute Gasteiger partial charge is 0.341 e. The molecule has 0 saturated carbocycles. The van der Waals surface area contributed by atoms with Crippen LogP contribution >= 0.6 is 0 Å². The molecule has 1 amide bonds. The van der Waals surface area contributed by atoms with E-state index in [1.54, 1.807) is 0 Å². The van der Waals surface area contributed by atoms with Crippen LogP contribution in [0.1, 0.15) is 20.8 Å². The molecule has 0 atom stereocenters. The number of anilines is 4. The van der Waals surface area contributed by atoms with Crippen molar-refractivity contribution < 1.29 is 4.79 Å². The highest BCUT2D eigenvalue weighted by Crippen LogP contribution is 2.26. The molecule has 0 radical (unpaired) electrons. The number of carbonyl (C=O) groups excluding carboxylic acids is 1. The van der Waals surface area contributed by atoms with Crippen molar-refractivity contribution in [1.29, 1.82) is 0 Å². The Labute approximate surface area is 165 Å². The molecule has 0 saturated heterocycles. The Morgan fingerprint density at radius 1 is 0.929 bits per heavy atom. The molecule has 3 rings (SSSR count). The van der Waals surface area contributed by atoms with Crippen molar-refractivity contribution in [3.8, 4) is 11.3 Å². The third-order valence-corrected chi connectivity index (χ3v) is 4.29. The monoisotopic (exact) mass is 375 g/mol. The van der Waals surface area contributed by atoms with Gasteiger partial charge in [-0.15, -0.1) is 0 Å². The molecule has 0 fully saturated rings. The van der Waals surface area contributed by atoms with E-state index < -0.39 is 0 Å². The summed E-state index contributed by atoms with van der Waals surface area (Å²) in [7, 11) is 0. The van der Waals surface area contributed by atoms with E-state index in [4.69, 9.17) is 9.97 Å². The number of hydrogen-bond donors (Lipinski definition) is 2. The summed E-state index contributed by atoms with van der Waals surface area (Å²) < 4.78 is 0. The van der Waals surface area contributed by atoms with Gasteiger partial charge in [-0.1, -0.05) is 36.4 Å². The van der Waals surface area contributed by atoms with Crippen molar-refractivity contribution in [2.45, 2.75) is 20.8 Å². The minimum atomic E-state index is -0.102. The van der Waals surface area contributed by atoms with Crippen molar-refractivity contribution >= 4 is 29.0 Å². The van der Waals surface area contributed by atoms with Crippen molar-refractivity contribution in [3.05, 3.63) is 60.7 Å². The zero-order valence-corrected chi connectivity index (χ0v) is 16.4. The first-order valence-electron chi connectivity index (χ1n) is 9.43. The Kier molecular flexibility index (Phi) is 6.22. The van der Waals surface area contributed by atoms with Gasteiger partial charge >= 0.3 is 0 Å². The van der Waals surface area contributed by atoms with E-state index in [9.17, 15) is 4.79 Å². The zero-order valence-electron chi connectivity index (χ0n) is 16.4. The first-order valence-corrected chi connectivity index (χ1v) is 9.43. The highest BCUT2D eigenvalue weighted by Gasteiger charge is 2.11. The number of nitrogens with zero attached hydrogens (tertiary/aromatic N) is 3. The summed E-state index contributed by atoms with van der Waals surface area (Å²) in [6.07, 6.45) is 0. The molecule has 1 aromatic heterocycles. The molecule has 0 spiro atoms. The van der Waals surface area contributed by atoms with Crippen molar-refractivity contribution in [3.63, 3.8) is 0 Å². The summed E-state index contributed by atoms with van der Waals surface area (Å²) in [5.41, 5.74) is 3.47. The van der Waals surface area contributed by atoms with Crippen LogP contribution in [-0.2, 0) is 4.79 Å². The van der Waals surface area contributed by atoms with Crippen LogP contribution in [0.4, 0.5) is 23.1 Å². The van der Waals surface area contributed by atoms with Crippen molar-refractivity contribution in [2.75, 3.05) is 28.6 Å². The van der Waals surface area contributed by atoms with Crippen LogP contribution in [0, 0.1) is 0 Å². The third kappa shape index (κ3) is 4.85. The molecule has 0 aliphatic heterocycles. The Bertz CT molecular complexity index is 939. The summed E-state index contributed by atoms with van der Waals surface area (Å²) in [5, 5.41) is 6.14. The normalized spacial score (nSPS) is 10.4. The molecule has 144 valence electrons. The van der Waals surface area contributed by atoms with Gasteiger partial charge < -0.3 is 15.5 Å². The molecule has 6 heteroatoms. The van der Waals surface area contributed by atoms with E-state index in [-0.39, 0.29) is 5.91 Å². The zero-order chi connectivity index (χ0) is 19.9. The lowest BCUT2D eigenvalue weighted by Gasteiger charge is -2.20. The second kappa shape index (κ2) is 8.99. The number of hydrogen-bond acceptors (Lipinski definition) is 5. The Balaban J connectivity index is 1.98. The molecular weight excluding hydrogens is 350 g/mol. The second-order valence-electron chi connectivity index (χ2n) is 6.36. The van der Waals surface area contributed by atoms with Gasteiger partial charge in [-0.2, -0.15) is 4.98 Å². The highest BCUT2D eigenvalue weighted by atomic mass is 16.1. The Hall–Kier alpha value is -3.41. The number of amides is 1. The van der Waals surface area contributed by atoms with Crippen molar-refractivity contribution in [1.82, 2.24) is 9.97 Å². The van der Waals surface area contributed by atoms with E-state index in [0.717, 1.165) is 35.7 Å². The van der Waals surface area contributed by atoms with Gasteiger partial charge in [0, 0.05) is 43.0 Å². The van der Waals surface area contributed by atoms with Crippen molar-refractivity contribution in [2.24, 2.45) is 0 Å². The highest BCUT2D eigenvalue weighted by molar-refractivity contribution is 5.89. The fraction of sp³-hybridized carbons (Fsp3) is 0.227. The molecule has 2 aromatic carbocycles. The van der Waals surface area contributed by atoms with Crippen LogP contribution in [0.5, 0.6) is 0 Å². The molecule has 28 heavy (non-hydrogen) atoms. The van der Waals surface area contributed by atoms with Crippen LogP contribution in [0.2, 0.25) is 0 Å². The van der Waals surface area contributed by atoms with Crippen LogP contribution in [0.3, 0.4) is 0 Å². The third-order valence-electron chi connectivity index (χ3n) is 4.29. The van der Waals surface area contributed by atoms with Gasteiger partial charge in [-0.05, 0) is 32.0 Å². The number of benzene rings is 2. The number of rotatable bonds is 7. The number of nitrogens with one attached hydrogen (secondary N) is 2. The van der Waals surface area contributed by atoms with E-state index in [2.05, 4.69) is 29.4 Å². The molecule has 2 N–H and O–H groups in total. The predicted molar refractivity (Wildman–Crippen MR) is 115 cm³/mol. The molecule has 0 aliphatic carbocycles. The summed E-state index contributed by atoms with van der Waals surface area (Å²) in [6.45, 7) is 7.32. The van der Waals surface area contributed by atoms with E-state index in [0.29, 0.717) is 11.8 Å². The topological polar surface area (TPSA) is 70.2 Å². The first-order chi connectivity index (χ1) is 13.6. The fourth-order valence-electron chi connectivity index (χ4n) is 2.93. The van der Waals surface area contributed by atoms with Crippen LogP contribution in [0.25, 0.3) is 11.3 Å². The van der Waals surface area contributed by atoms with Gasteiger partial charge in [0.15, 0.2) is 0 Å². The van der Waals surface area contributed by atoms with E-state index >= 15 is 0 Å². The number of carbonyl (C=O) groups is 1. The summed E-state index contributed by atoms with van der Waals surface area (Å²) in [5.74, 6) is 1.29. The van der Waals surface area contributed by atoms with Gasteiger partial charge in [0.2, 0.25) is 11.9 Å². The molecule has 3 aromatic rings. The van der Waals surface area contributed by atoms with E-state index in [1.165, 1.54) is 6.92 Å². The maximum absolute atomic E-state index is 11.3. The lowest BCUT2D eigenvalue weighted by atomic mass is 10.1. The SMILES string of the molecule is CCN(CC)c1nc(Nc2cccc(NC(C)=O)c2)cc(-c2ccccc2)n1. The maximum Gasteiger partial charge on any atom is 0.227 e. The molecule has 0 aliphatic rings. The fourth-order valence-corrected chi connectivity index (χ4v) is 2.93. The minimum Gasteiger partial charge on any atom is -0.341 e. The first kappa shape index (κ1) is 19.4.